The van der Waals surface area contributed by atoms with Gasteiger partial charge in [0.15, 0.2) is 0 Å². The molecule has 0 spiro atoms. The van der Waals surface area contributed by atoms with E-state index in [2.05, 4.69) is 16.9 Å². The van der Waals surface area contributed by atoms with Gasteiger partial charge in [-0.1, -0.05) is 13.3 Å². The smallest absolute Gasteiger partial charge is 0.246 e. The Bertz CT molecular complexity index is 500. The molecular formula is C11H18N4O2S. The minimum Gasteiger partial charge on any atom is -0.368 e. The van der Waals surface area contributed by atoms with Gasteiger partial charge in [-0.25, -0.2) is 18.4 Å². The number of nitrogen functional groups attached to an aromatic ring is 1. The third kappa shape index (κ3) is 2.62. The maximum Gasteiger partial charge on any atom is 0.246 e. The summed E-state index contributed by atoms with van der Waals surface area (Å²) < 4.78 is 26.3. The van der Waals surface area contributed by atoms with E-state index in [9.17, 15) is 8.42 Å². The van der Waals surface area contributed by atoms with E-state index < -0.39 is 10.0 Å². The van der Waals surface area contributed by atoms with Crippen LogP contribution in [-0.2, 0) is 10.0 Å². The Balaban J connectivity index is 2.22. The van der Waals surface area contributed by atoms with Gasteiger partial charge in [0, 0.05) is 13.1 Å². The number of aromatic nitrogens is 2. The number of hydrogen-bond acceptors (Lipinski definition) is 5. The number of piperidine rings is 1. The molecule has 1 fully saturated rings. The molecule has 1 aliphatic rings. The summed E-state index contributed by atoms with van der Waals surface area (Å²) in [5, 5.41) is 0. The molecule has 2 rings (SSSR count). The van der Waals surface area contributed by atoms with E-state index >= 15 is 0 Å². The molecule has 1 saturated heterocycles. The average Bonchev–Trinajstić information content (AvgIpc) is 2.39. The number of rotatable bonds is 3. The maximum absolute atomic E-state index is 12.4. The predicted octanol–water partition coefficient (Wildman–Crippen LogP) is 0.870. The van der Waals surface area contributed by atoms with E-state index in [0.717, 1.165) is 19.3 Å². The van der Waals surface area contributed by atoms with Crippen LogP contribution in [-0.4, -0.2) is 35.8 Å². The van der Waals surface area contributed by atoms with Crippen LogP contribution in [0.4, 0.5) is 5.95 Å². The molecule has 1 unspecified atom stereocenters. The van der Waals surface area contributed by atoms with Crippen molar-refractivity contribution in [2.75, 3.05) is 18.8 Å². The van der Waals surface area contributed by atoms with Gasteiger partial charge in [0.2, 0.25) is 16.0 Å². The van der Waals surface area contributed by atoms with Gasteiger partial charge >= 0.3 is 0 Å². The van der Waals surface area contributed by atoms with Crippen molar-refractivity contribution < 1.29 is 8.42 Å². The fraction of sp³-hybridized carbons (Fsp3) is 0.636. The highest BCUT2D eigenvalue weighted by atomic mass is 32.2. The Hall–Kier alpha value is -1.21. The average molecular weight is 270 g/mol. The van der Waals surface area contributed by atoms with Crippen molar-refractivity contribution in [1.29, 1.82) is 0 Å². The second-order valence-electron chi connectivity index (χ2n) is 4.56. The fourth-order valence-electron chi connectivity index (χ4n) is 2.19. The Morgan fingerprint density at radius 2 is 2.11 bits per heavy atom. The summed E-state index contributed by atoms with van der Waals surface area (Å²) >= 11 is 0. The van der Waals surface area contributed by atoms with E-state index in [1.807, 2.05) is 0 Å². The van der Waals surface area contributed by atoms with Gasteiger partial charge in [-0.2, -0.15) is 4.31 Å². The standard InChI is InChI=1S/C11H18N4O2S/c1-2-9-4-3-5-15(8-9)18(16,17)10-6-13-11(12)14-7-10/h6-7,9H,2-5,8H2,1H3,(H2,12,13,14). The highest BCUT2D eigenvalue weighted by Crippen LogP contribution is 2.24. The summed E-state index contributed by atoms with van der Waals surface area (Å²) in [7, 11) is -3.47. The van der Waals surface area contributed by atoms with Crippen LogP contribution in [0.25, 0.3) is 0 Å². The van der Waals surface area contributed by atoms with Crippen molar-refractivity contribution in [1.82, 2.24) is 14.3 Å². The fourth-order valence-corrected chi connectivity index (χ4v) is 3.63. The minimum absolute atomic E-state index is 0.0824. The van der Waals surface area contributed by atoms with Crippen LogP contribution in [0.15, 0.2) is 17.3 Å². The van der Waals surface area contributed by atoms with Crippen LogP contribution in [0.2, 0.25) is 0 Å². The number of hydrogen-bond donors (Lipinski definition) is 1. The minimum atomic E-state index is -3.47. The topological polar surface area (TPSA) is 89.2 Å². The molecule has 6 nitrogen and oxygen atoms in total. The molecule has 18 heavy (non-hydrogen) atoms. The SMILES string of the molecule is CCC1CCCN(S(=O)(=O)c2cnc(N)nc2)C1. The summed E-state index contributed by atoms with van der Waals surface area (Å²) in [6.07, 6.45) is 5.55. The first-order valence-electron chi connectivity index (χ1n) is 6.11. The Labute approximate surface area is 107 Å². The van der Waals surface area contributed by atoms with Gasteiger partial charge in [0.25, 0.3) is 0 Å². The molecule has 1 aromatic heterocycles. The summed E-state index contributed by atoms with van der Waals surface area (Å²) in [5.74, 6) is 0.530. The highest BCUT2D eigenvalue weighted by Gasteiger charge is 2.29. The van der Waals surface area contributed by atoms with Crippen molar-refractivity contribution in [3.8, 4) is 0 Å². The second kappa shape index (κ2) is 5.19. The summed E-state index contributed by atoms with van der Waals surface area (Å²) in [5.41, 5.74) is 5.36. The van der Waals surface area contributed by atoms with Gasteiger partial charge in [0.1, 0.15) is 4.90 Å². The van der Waals surface area contributed by atoms with Crippen LogP contribution >= 0.6 is 0 Å². The molecule has 1 aliphatic heterocycles. The molecule has 0 saturated carbocycles. The molecule has 100 valence electrons. The molecule has 0 bridgehead atoms. The molecule has 1 atom stereocenters. The van der Waals surface area contributed by atoms with Crippen molar-refractivity contribution >= 4 is 16.0 Å². The largest absolute Gasteiger partial charge is 0.368 e. The number of sulfonamides is 1. The first-order valence-corrected chi connectivity index (χ1v) is 7.55. The van der Waals surface area contributed by atoms with Crippen molar-refractivity contribution in [2.45, 2.75) is 31.1 Å². The van der Waals surface area contributed by atoms with Gasteiger partial charge in [-0.15, -0.1) is 0 Å². The van der Waals surface area contributed by atoms with Crippen molar-refractivity contribution in [3.63, 3.8) is 0 Å². The zero-order valence-electron chi connectivity index (χ0n) is 10.4. The van der Waals surface area contributed by atoms with Gasteiger partial charge in [-0.05, 0) is 18.8 Å². The van der Waals surface area contributed by atoms with E-state index in [0.29, 0.717) is 19.0 Å². The predicted molar refractivity (Wildman–Crippen MR) is 68.2 cm³/mol. The maximum atomic E-state index is 12.4. The van der Waals surface area contributed by atoms with Gasteiger partial charge in [0.05, 0.1) is 12.4 Å². The van der Waals surface area contributed by atoms with Gasteiger partial charge in [-0.3, -0.25) is 0 Å². The molecule has 0 radical (unpaired) electrons. The number of anilines is 1. The lowest BCUT2D eigenvalue weighted by Gasteiger charge is -2.31. The first kappa shape index (κ1) is 13.2. The van der Waals surface area contributed by atoms with Crippen LogP contribution in [0.5, 0.6) is 0 Å². The summed E-state index contributed by atoms with van der Waals surface area (Å²) in [4.78, 5) is 7.60. The zero-order valence-corrected chi connectivity index (χ0v) is 11.2. The molecule has 0 amide bonds. The summed E-state index contributed by atoms with van der Waals surface area (Å²) in [6, 6.07) is 0. The molecule has 2 N–H and O–H groups in total. The number of nitrogens with zero attached hydrogens (tertiary/aromatic N) is 3. The zero-order chi connectivity index (χ0) is 13.2. The molecule has 0 aromatic carbocycles. The lowest BCUT2D eigenvalue weighted by atomic mass is 9.97. The third-order valence-electron chi connectivity index (χ3n) is 3.34. The highest BCUT2D eigenvalue weighted by molar-refractivity contribution is 7.89. The van der Waals surface area contributed by atoms with Crippen molar-refractivity contribution in [3.05, 3.63) is 12.4 Å². The van der Waals surface area contributed by atoms with Gasteiger partial charge < -0.3 is 5.73 Å². The Kier molecular flexibility index (Phi) is 3.82. The third-order valence-corrected chi connectivity index (χ3v) is 5.16. The molecule has 7 heteroatoms. The normalized spacial score (nSPS) is 21.9. The van der Waals surface area contributed by atoms with Crippen LogP contribution < -0.4 is 5.73 Å². The molecule has 0 aliphatic carbocycles. The van der Waals surface area contributed by atoms with Crippen LogP contribution in [0.1, 0.15) is 26.2 Å². The summed E-state index contributed by atoms with van der Waals surface area (Å²) in [6.45, 7) is 3.25. The van der Waals surface area contributed by atoms with E-state index in [4.69, 9.17) is 5.73 Å². The van der Waals surface area contributed by atoms with E-state index in [-0.39, 0.29) is 10.8 Å². The Morgan fingerprint density at radius 3 is 2.72 bits per heavy atom. The van der Waals surface area contributed by atoms with Crippen LogP contribution in [0, 0.1) is 5.92 Å². The monoisotopic (exact) mass is 270 g/mol. The Morgan fingerprint density at radius 1 is 1.44 bits per heavy atom. The van der Waals surface area contributed by atoms with E-state index in [1.165, 1.54) is 16.7 Å². The molecule has 2 heterocycles. The van der Waals surface area contributed by atoms with Crippen LogP contribution in [0.3, 0.4) is 0 Å². The number of nitrogens with two attached hydrogens (primary N) is 1. The second-order valence-corrected chi connectivity index (χ2v) is 6.49. The lowest BCUT2D eigenvalue weighted by Crippen LogP contribution is -2.39. The quantitative estimate of drug-likeness (QED) is 0.880. The van der Waals surface area contributed by atoms with Crippen molar-refractivity contribution in [2.24, 2.45) is 5.92 Å². The lowest BCUT2D eigenvalue weighted by molar-refractivity contribution is 0.261. The molecular weight excluding hydrogens is 252 g/mol. The first-order chi connectivity index (χ1) is 8.54. The molecule has 1 aromatic rings. The van der Waals surface area contributed by atoms with E-state index in [1.54, 1.807) is 0 Å².